The van der Waals surface area contributed by atoms with Crippen molar-refractivity contribution >= 4 is 0 Å². The van der Waals surface area contributed by atoms with Crippen LogP contribution in [0.4, 0.5) is 0 Å². The van der Waals surface area contributed by atoms with Crippen LogP contribution in [0.1, 0.15) is 24.0 Å². The van der Waals surface area contributed by atoms with Gasteiger partial charge in [-0.2, -0.15) is 0 Å². The van der Waals surface area contributed by atoms with Crippen molar-refractivity contribution in [3.05, 3.63) is 42.0 Å². The second-order valence-electron chi connectivity index (χ2n) is 4.76. The van der Waals surface area contributed by atoms with E-state index in [1.54, 1.807) is 7.11 Å². The molecule has 1 aromatic carbocycles. The molecule has 0 fully saturated rings. The number of hydrogen-bond donors (Lipinski definition) is 0. The maximum atomic E-state index is 5.31. The summed E-state index contributed by atoms with van der Waals surface area (Å²) in [4.78, 5) is 2.46. The molecule has 1 aromatic rings. The van der Waals surface area contributed by atoms with Crippen LogP contribution in [0, 0.1) is 0 Å². The Morgan fingerprint density at radius 3 is 3.06 bits per heavy atom. The largest absolute Gasteiger partial charge is 0.497 e. The van der Waals surface area contributed by atoms with Crippen LogP contribution in [0.15, 0.2) is 30.9 Å². The molecule has 2 heteroatoms. The summed E-state index contributed by atoms with van der Waals surface area (Å²) >= 11 is 0. The summed E-state index contributed by atoms with van der Waals surface area (Å²) in [7, 11) is 1.73. The average molecular weight is 231 g/mol. The first kappa shape index (κ1) is 12.2. The predicted molar refractivity (Wildman–Crippen MR) is 71.8 cm³/mol. The van der Waals surface area contributed by atoms with Crippen molar-refractivity contribution in [1.29, 1.82) is 0 Å². The number of hydrogen-bond acceptors (Lipinski definition) is 2. The van der Waals surface area contributed by atoms with Crippen molar-refractivity contribution in [1.82, 2.24) is 4.90 Å². The molecule has 92 valence electrons. The summed E-state index contributed by atoms with van der Waals surface area (Å²) in [5.74, 6) is 1.52. The topological polar surface area (TPSA) is 12.5 Å². The molecule has 0 bridgehead atoms. The minimum atomic E-state index is 0.558. The van der Waals surface area contributed by atoms with E-state index in [9.17, 15) is 0 Å². The van der Waals surface area contributed by atoms with Gasteiger partial charge in [-0.05, 0) is 35.6 Å². The van der Waals surface area contributed by atoms with E-state index >= 15 is 0 Å². The van der Waals surface area contributed by atoms with Crippen LogP contribution in [0.2, 0.25) is 0 Å². The highest BCUT2D eigenvalue weighted by Gasteiger charge is 2.19. The van der Waals surface area contributed by atoms with Gasteiger partial charge in [-0.25, -0.2) is 0 Å². The maximum absolute atomic E-state index is 5.31. The summed E-state index contributed by atoms with van der Waals surface area (Å²) in [6.45, 7) is 9.32. The molecule has 2 nitrogen and oxygen atoms in total. The smallest absolute Gasteiger partial charge is 0.119 e. The molecule has 0 saturated heterocycles. The zero-order valence-corrected chi connectivity index (χ0v) is 10.8. The van der Waals surface area contributed by atoms with Crippen molar-refractivity contribution in [3.63, 3.8) is 0 Å². The molecule has 1 heterocycles. The summed E-state index contributed by atoms with van der Waals surface area (Å²) in [6, 6.07) is 6.47. The fraction of sp³-hybridized carbons (Fsp3) is 0.467. The minimum Gasteiger partial charge on any atom is -0.497 e. The Kier molecular flexibility index (Phi) is 3.85. The second-order valence-corrected chi connectivity index (χ2v) is 4.76. The fourth-order valence-corrected chi connectivity index (χ4v) is 2.59. The van der Waals surface area contributed by atoms with Gasteiger partial charge in [0.1, 0.15) is 5.75 Å². The predicted octanol–water partition coefficient (Wildman–Crippen LogP) is 2.84. The van der Waals surface area contributed by atoms with Gasteiger partial charge in [0.2, 0.25) is 0 Å². The highest BCUT2D eigenvalue weighted by Crippen LogP contribution is 2.28. The Hall–Kier alpha value is -1.28. The van der Waals surface area contributed by atoms with Gasteiger partial charge in [0, 0.05) is 19.6 Å². The maximum Gasteiger partial charge on any atom is 0.119 e. The molecule has 0 radical (unpaired) electrons. The van der Waals surface area contributed by atoms with Gasteiger partial charge < -0.3 is 4.74 Å². The molecule has 2 rings (SSSR count). The Balaban J connectivity index is 2.24. The van der Waals surface area contributed by atoms with Crippen LogP contribution in [-0.4, -0.2) is 31.6 Å². The molecule has 0 aliphatic carbocycles. The van der Waals surface area contributed by atoms with E-state index in [2.05, 4.69) is 36.6 Å². The Labute approximate surface area is 104 Å². The van der Waals surface area contributed by atoms with Crippen LogP contribution in [0.5, 0.6) is 5.75 Å². The first-order valence-corrected chi connectivity index (χ1v) is 6.24. The number of methoxy groups -OCH3 is 1. The second kappa shape index (κ2) is 5.37. The van der Waals surface area contributed by atoms with E-state index in [4.69, 9.17) is 4.74 Å². The van der Waals surface area contributed by atoms with Crippen molar-refractivity contribution < 1.29 is 4.74 Å². The summed E-state index contributed by atoms with van der Waals surface area (Å²) in [5.41, 5.74) is 2.90. The summed E-state index contributed by atoms with van der Waals surface area (Å²) < 4.78 is 5.31. The molecule has 17 heavy (non-hydrogen) atoms. The zero-order chi connectivity index (χ0) is 12.3. The fourth-order valence-electron chi connectivity index (χ4n) is 2.59. The molecule has 1 aliphatic heterocycles. The van der Waals surface area contributed by atoms with Crippen LogP contribution >= 0.6 is 0 Å². The van der Waals surface area contributed by atoms with Crippen LogP contribution in [0.25, 0.3) is 0 Å². The lowest BCUT2D eigenvalue weighted by Gasteiger charge is -2.20. The van der Waals surface area contributed by atoms with Gasteiger partial charge in [-0.15, -0.1) is 6.58 Å². The molecule has 0 aromatic heterocycles. The number of ether oxygens (including phenoxy) is 1. The Morgan fingerprint density at radius 1 is 1.53 bits per heavy atom. The van der Waals surface area contributed by atoms with Gasteiger partial charge in [0.05, 0.1) is 7.11 Å². The van der Waals surface area contributed by atoms with Gasteiger partial charge >= 0.3 is 0 Å². The number of benzene rings is 1. The lowest BCUT2D eigenvalue weighted by molar-refractivity contribution is 0.301. The number of nitrogens with zero attached hydrogens (tertiary/aromatic N) is 1. The molecular formula is C15H21NO. The van der Waals surface area contributed by atoms with E-state index in [0.29, 0.717) is 5.92 Å². The molecule has 1 unspecified atom stereocenters. The van der Waals surface area contributed by atoms with Crippen molar-refractivity contribution in [2.75, 3.05) is 26.7 Å². The van der Waals surface area contributed by atoms with E-state index in [-0.39, 0.29) is 0 Å². The van der Waals surface area contributed by atoms with Gasteiger partial charge in [0.15, 0.2) is 0 Å². The number of fused-ring (bicyclic) bond motifs is 1. The van der Waals surface area contributed by atoms with E-state index in [1.165, 1.54) is 11.1 Å². The Bertz CT molecular complexity index is 400. The lowest BCUT2D eigenvalue weighted by Crippen LogP contribution is -2.27. The van der Waals surface area contributed by atoms with E-state index in [1.807, 2.05) is 6.08 Å². The third-order valence-corrected chi connectivity index (χ3v) is 3.50. The third-order valence-electron chi connectivity index (χ3n) is 3.50. The van der Waals surface area contributed by atoms with Gasteiger partial charge in [-0.3, -0.25) is 4.90 Å². The molecule has 0 amide bonds. The first-order chi connectivity index (χ1) is 8.24. The normalized spacial score (nSPS) is 20.5. The van der Waals surface area contributed by atoms with Gasteiger partial charge in [0.25, 0.3) is 0 Å². The highest BCUT2D eigenvalue weighted by atomic mass is 16.5. The molecule has 1 atom stereocenters. The number of rotatable bonds is 3. The molecule has 0 N–H and O–H groups in total. The zero-order valence-electron chi connectivity index (χ0n) is 10.8. The van der Waals surface area contributed by atoms with Crippen molar-refractivity contribution in [3.8, 4) is 5.75 Å². The summed E-state index contributed by atoms with van der Waals surface area (Å²) in [5, 5.41) is 0. The third kappa shape index (κ3) is 2.70. The standard InChI is InChI=1S/C15H21NO/c1-4-8-16-9-7-13-5-6-14(17-3)10-15(13)12(2)11-16/h4-6,10,12H,1,7-9,11H2,2-3H3. The molecule has 0 spiro atoms. The van der Waals surface area contributed by atoms with Gasteiger partial charge in [-0.1, -0.05) is 19.1 Å². The molecule has 1 aliphatic rings. The van der Waals surface area contributed by atoms with Crippen molar-refractivity contribution in [2.45, 2.75) is 19.3 Å². The highest BCUT2D eigenvalue weighted by molar-refractivity contribution is 5.38. The quantitative estimate of drug-likeness (QED) is 0.742. The minimum absolute atomic E-state index is 0.558. The molecule has 0 saturated carbocycles. The van der Waals surface area contributed by atoms with Crippen LogP contribution < -0.4 is 4.74 Å². The van der Waals surface area contributed by atoms with Crippen LogP contribution in [-0.2, 0) is 6.42 Å². The van der Waals surface area contributed by atoms with Crippen LogP contribution in [0.3, 0.4) is 0 Å². The summed E-state index contributed by atoms with van der Waals surface area (Å²) in [6.07, 6.45) is 3.11. The van der Waals surface area contributed by atoms with E-state index in [0.717, 1.165) is 31.8 Å². The SMILES string of the molecule is C=CCN1CCc2ccc(OC)cc2C(C)C1. The lowest BCUT2D eigenvalue weighted by atomic mass is 9.95. The average Bonchev–Trinajstić information content (AvgIpc) is 2.50. The first-order valence-electron chi connectivity index (χ1n) is 6.24. The monoisotopic (exact) mass is 231 g/mol. The Morgan fingerprint density at radius 2 is 2.35 bits per heavy atom. The van der Waals surface area contributed by atoms with E-state index < -0.39 is 0 Å². The van der Waals surface area contributed by atoms with Crippen molar-refractivity contribution in [2.24, 2.45) is 0 Å². The molecular weight excluding hydrogens is 210 g/mol.